The van der Waals surface area contributed by atoms with Crippen molar-refractivity contribution in [3.8, 4) is 11.5 Å². The van der Waals surface area contributed by atoms with Crippen LogP contribution in [0.1, 0.15) is 5.56 Å². The fourth-order valence-electron chi connectivity index (χ4n) is 2.85. The Morgan fingerprint density at radius 2 is 2.14 bits per heavy atom. The Balaban J connectivity index is 1.81. The SMILES string of the molecule is C=CCOc1cccc(NC(=O)[C@H]2CN(S(C)(=O)=O)c3cc(C)ccc3O2)c1. The molecular formula is C20H22N2O5S. The number of benzene rings is 2. The molecule has 148 valence electrons. The van der Waals surface area contributed by atoms with Crippen molar-refractivity contribution in [1.82, 2.24) is 0 Å². The fraction of sp³-hybridized carbons (Fsp3) is 0.250. The maximum absolute atomic E-state index is 12.7. The molecule has 28 heavy (non-hydrogen) atoms. The lowest BCUT2D eigenvalue weighted by molar-refractivity contribution is -0.122. The number of nitrogens with one attached hydrogen (secondary N) is 1. The summed E-state index contributed by atoms with van der Waals surface area (Å²) in [5, 5.41) is 2.75. The molecule has 2 aromatic rings. The minimum atomic E-state index is -3.57. The molecule has 0 saturated carbocycles. The summed E-state index contributed by atoms with van der Waals surface area (Å²) in [6.45, 7) is 5.70. The zero-order valence-electron chi connectivity index (χ0n) is 15.7. The molecule has 0 radical (unpaired) electrons. The van der Waals surface area contributed by atoms with E-state index in [1.54, 1.807) is 48.5 Å². The second kappa shape index (κ2) is 7.93. The highest BCUT2D eigenvalue weighted by Crippen LogP contribution is 2.36. The third-order valence-corrected chi connectivity index (χ3v) is 5.29. The second-order valence-corrected chi connectivity index (χ2v) is 8.40. The Morgan fingerprint density at radius 1 is 1.36 bits per heavy atom. The van der Waals surface area contributed by atoms with Crippen molar-refractivity contribution >= 4 is 27.3 Å². The largest absolute Gasteiger partial charge is 0.489 e. The molecule has 0 fully saturated rings. The van der Waals surface area contributed by atoms with Gasteiger partial charge in [0.25, 0.3) is 5.91 Å². The van der Waals surface area contributed by atoms with Crippen molar-refractivity contribution in [1.29, 1.82) is 0 Å². The van der Waals surface area contributed by atoms with E-state index in [4.69, 9.17) is 9.47 Å². The molecule has 1 aliphatic rings. The summed E-state index contributed by atoms with van der Waals surface area (Å²) in [4.78, 5) is 12.7. The van der Waals surface area contributed by atoms with E-state index in [1.807, 2.05) is 6.92 Å². The average molecular weight is 402 g/mol. The van der Waals surface area contributed by atoms with Crippen LogP contribution in [0.5, 0.6) is 11.5 Å². The van der Waals surface area contributed by atoms with Crippen molar-refractivity contribution < 1.29 is 22.7 Å². The number of carbonyl (C=O) groups is 1. The molecule has 0 aromatic heterocycles. The molecule has 0 unspecified atom stereocenters. The van der Waals surface area contributed by atoms with Gasteiger partial charge in [-0.2, -0.15) is 0 Å². The summed E-state index contributed by atoms with van der Waals surface area (Å²) < 4.78 is 36.9. The lowest BCUT2D eigenvalue weighted by atomic mass is 10.1. The van der Waals surface area contributed by atoms with Gasteiger partial charge in [-0.05, 0) is 36.8 Å². The number of sulfonamides is 1. The number of ether oxygens (including phenoxy) is 2. The highest BCUT2D eigenvalue weighted by atomic mass is 32.2. The lowest BCUT2D eigenvalue weighted by Crippen LogP contribution is -2.48. The van der Waals surface area contributed by atoms with Crippen LogP contribution in [0.3, 0.4) is 0 Å². The Hall–Kier alpha value is -3.00. The van der Waals surface area contributed by atoms with E-state index in [9.17, 15) is 13.2 Å². The van der Waals surface area contributed by atoms with Crippen LogP contribution in [0.15, 0.2) is 55.1 Å². The first-order valence-corrected chi connectivity index (χ1v) is 10.5. The van der Waals surface area contributed by atoms with Gasteiger partial charge in [0, 0.05) is 11.8 Å². The predicted octanol–water partition coefficient (Wildman–Crippen LogP) is 2.73. The molecule has 7 nitrogen and oxygen atoms in total. The smallest absolute Gasteiger partial charge is 0.267 e. The van der Waals surface area contributed by atoms with Crippen LogP contribution in [-0.4, -0.2) is 39.8 Å². The summed E-state index contributed by atoms with van der Waals surface area (Å²) in [6, 6.07) is 12.1. The molecule has 0 spiro atoms. The van der Waals surface area contributed by atoms with Crippen LogP contribution in [0.2, 0.25) is 0 Å². The van der Waals surface area contributed by atoms with Crippen LogP contribution in [-0.2, 0) is 14.8 Å². The number of amides is 1. The Bertz CT molecular complexity index is 1000. The molecule has 1 atom stereocenters. The van der Waals surface area contributed by atoms with E-state index in [0.717, 1.165) is 11.8 Å². The molecule has 0 aliphatic carbocycles. The zero-order valence-corrected chi connectivity index (χ0v) is 16.5. The molecule has 2 aromatic carbocycles. The van der Waals surface area contributed by atoms with E-state index in [1.165, 1.54) is 4.31 Å². The van der Waals surface area contributed by atoms with Gasteiger partial charge in [0.15, 0.2) is 6.10 Å². The third kappa shape index (κ3) is 4.45. The molecule has 0 bridgehead atoms. The van der Waals surface area contributed by atoms with Gasteiger partial charge < -0.3 is 14.8 Å². The van der Waals surface area contributed by atoms with Crippen molar-refractivity contribution in [2.45, 2.75) is 13.0 Å². The van der Waals surface area contributed by atoms with Crippen LogP contribution < -0.4 is 19.1 Å². The minimum absolute atomic E-state index is 0.103. The number of aryl methyl sites for hydroxylation is 1. The fourth-order valence-corrected chi connectivity index (χ4v) is 3.76. The molecule has 0 saturated heterocycles. The highest BCUT2D eigenvalue weighted by Gasteiger charge is 2.35. The number of rotatable bonds is 6. The van der Waals surface area contributed by atoms with Gasteiger partial charge in [0.1, 0.15) is 18.1 Å². The average Bonchev–Trinajstić information content (AvgIpc) is 2.65. The number of hydrogen-bond donors (Lipinski definition) is 1. The highest BCUT2D eigenvalue weighted by molar-refractivity contribution is 7.92. The van der Waals surface area contributed by atoms with E-state index in [2.05, 4.69) is 11.9 Å². The van der Waals surface area contributed by atoms with Crippen molar-refractivity contribution in [2.75, 3.05) is 29.0 Å². The summed E-state index contributed by atoms with van der Waals surface area (Å²) in [5.74, 6) is 0.493. The maximum atomic E-state index is 12.7. The van der Waals surface area contributed by atoms with Gasteiger partial charge in [-0.15, -0.1) is 0 Å². The molecule has 1 N–H and O–H groups in total. The van der Waals surface area contributed by atoms with E-state index >= 15 is 0 Å². The summed E-state index contributed by atoms with van der Waals surface area (Å²) >= 11 is 0. The molecule has 1 amide bonds. The van der Waals surface area contributed by atoms with Gasteiger partial charge in [0.2, 0.25) is 10.0 Å². The van der Waals surface area contributed by atoms with Gasteiger partial charge in [-0.3, -0.25) is 9.10 Å². The number of fused-ring (bicyclic) bond motifs is 1. The number of carbonyl (C=O) groups excluding carboxylic acids is 1. The van der Waals surface area contributed by atoms with Gasteiger partial charge in [0.05, 0.1) is 18.5 Å². The minimum Gasteiger partial charge on any atom is -0.489 e. The molecule has 3 rings (SSSR count). The number of anilines is 2. The summed E-state index contributed by atoms with van der Waals surface area (Å²) in [6.07, 6.45) is 1.75. The predicted molar refractivity (Wildman–Crippen MR) is 109 cm³/mol. The van der Waals surface area contributed by atoms with Gasteiger partial charge in [-0.1, -0.05) is 24.8 Å². The standard InChI is InChI=1S/C20H22N2O5S/c1-4-10-26-16-7-5-6-15(12-16)21-20(23)19-13-22(28(3,24)25)17-11-14(2)8-9-18(17)27-19/h4-9,11-12,19H,1,10,13H2,2-3H3,(H,21,23)/t19-/m1/s1. The normalized spacial score (nSPS) is 15.9. The van der Waals surface area contributed by atoms with Crippen molar-refractivity contribution in [3.05, 3.63) is 60.7 Å². The molecule has 1 heterocycles. The first kappa shape index (κ1) is 19.8. The lowest BCUT2D eigenvalue weighted by Gasteiger charge is -2.34. The van der Waals surface area contributed by atoms with E-state index < -0.39 is 22.0 Å². The molecule has 1 aliphatic heterocycles. The van der Waals surface area contributed by atoms with Crippen LogP contribution in [0, 0.1) is 6.92 Å². The third-order valence-electron chi connectivity index (χ3n) is 4.15. The number of nitrogens with zero attached hydrogens (tertiary/aromatic N) is 1. The zero-order chi connectivity index (χ0) is 20.3. The summed E-state index contributed by atoms with van der Waals surface area (Å²) in [7, 11) is -3.57. The number of hydrogen-bond acceptors (Lipinski definition) is 5. The second-order valence-electron chi connectivity index (χ2n) is 6.49. The molecule has 8 heteroatoms. The Morgan fingerprint density at radius 3 is 2.86 bits per heavy atom. The van der Waals surface area contributed by atoms with Crippen molar-refractivity contribution in [3.63, 3.8) is 0 Å². The Kier molecular flexibility index (Phi) is 5.60. The van der Waals surface area contributed by atoms with Gasteiger partial charge >= 0.3 is 0 Å². The van der Waals surface area contributed by atoms with Gasteiger partial charge in [-0.25, -0.2) is 8.42 Å². The first-order chi connectivity index (χ1) is 13.3. The van der Waals surface area contributed by atoms with E-state index in [-0.39, 0.29) is 6.54 Å². The van der Waals surface area contributed by atoms with E-state index in [0.29, 0.717) is 29.5 Å². The Labute approximate surface area is 164 Å². The topological polar surface area (TPSA) is 84.9 Å². The van der Waals surface area contributed by atoms with Crippen LogP contribution in [0.25, 0.3) is 0 Å². The molecular weight excluding hydrogens is 380 g/mol. The van der Waals surface area contributed by atoms with Crippen molar-refractivity contribution in [2.24, 2.45) is 0 Å². The maximum Gasteiger partial charge on any atom is 0.267 e. The first-order valence-electron chi connectivity index (χ1n) is 8.67. The van der Waals surface area contributed by atoms with Crippen LogP contribution in [0.4, 0.5) is 11.4 Å². The summed E-state index contributed by atoms with van der Waals surface area (Å²) in [5.41, 5.74) is 1.86. The quantitative estimate of drug-likeness (QED) is 0.751. The van der Waals surface area contributed by atoms with Crippen LogP contribution >= 0.6 is 0 Å². The monoisotopic (exact) mass is 402 g/mol.